The standard InChI is InChI=1S/C16H15BrN2O2/c1-10-8-12-9-11(2-3-13(12)19-10)6-7-18-16(20)14-4-5-15(17)21-14/h2-5,8-9,19H,6-7H2,1H3,(H,18,20). The molecule has 0 unspecified atom stereocenters. The predicted molar refractivity (Wildman–Crippen MR) is 85.5 cm³/mol. The number of nitrogens with one attached hydrogen (secondary N) is 2. The van der Waals surface area contributed by atoms with Crippen molar-refractivity contribution in [3.05, 3.63) is 58.1 Å². The highest BCUT2D eigenvalue weighted by molar-refractivity contribution is 9.10. The summed E-state index contributed by atoms with van der Waals surface area (Å²) in [5.74, 6) is 0.123. The molecule has 2 N–H and O–H groups in total. The summed E-state index contributed by atoms with van der Waals surface area (Å²) in [4.78, 5) is 15.1. The lowest BCUT2D eigenvalue weighted by molar-refractivity contribution is 0.0925. The number of aromatic nitrogens is 1. The van der Waals surface area contributed by atoms with Crippen LogP contribution in [0, 0.1) is 6.92 Å². The molecule has 0 aliphatic carbocycles. The molecular formula is C16H15BrN2O2. The Kier molecular flexibility index (Phi) is 3.84. The third-order valence-electron chi connectivity index (χ3n) is 3.32. The number of aryl methyl sites for hydroxylation is 1. The summed E-state index contributed by atoms with van der Waals surface area (Å²) >= 11 is 3.18. The summed E-state index contributed by atoms with van der Waals surface area (Å²) in [5.41, 5.74) is 3.49. The number of fused-ring (bicyclic) bond motifs is 1. The van der Waals surface area contributed by atoms with Gasteiger partial charge < -0.3 is 14.7 Å². The molecule has 0 spiro atoms. The molecule has 0 bridgehead atoms. The Balaban J connectivity index is 1.60. The second-order valence-electron chi connectivity index (χ2n) is 4.98. The van der Waals surface area contributed by atoms with Crippen LogP contribution in [0.1, 0.15) is 21.8 Å². The summed E-state index contributed by atoms with van der Waals surface area (Å²) in [6.07, 6.45) is 0.786. The Hall–Kier alpha value is -2.01. The third kappa shape index (κ3) is 3.19. The maximum atomic E-state index is 11.8. The lowest BCUT2D eigenvalue weighted by Gasteiger charge is -2.04. The van der Waals surface area contributed by atoms with Gasteiger partial charge in [-0.3, -0.25) is 4.79 Å². The second-order valence-corrected chi connectivity index (χ2v) is 5.77. The quantitative estimate of drug-likeness (QED) is 0.754. The molecular weight excluding hydrogens is 332 g/mol. The van der Waals surface area contributed by atoms with Crippen LogP contribution in [-0.4, -0.2) is 17.4 Å². The van der Waals surface area contributed by atoms with E-state index >= 15 is 0 Å². The first kappa shape index (κ1) is 13.9. The van der Waals surface area contributed by atoms with E-state index in [2.05, 4.69) is 50.5 Å². The Labute approximate surface area is 130 Å². The zero-order valence-corrected chi connectivity index (χ0v) is 13.2. The van der Waals surface area contributed by atoms with Crippen LogP contribution in [0.25, 0.3) is 10.9 Å². The molecule has 3 rings (SSSR count). The molecule has 108 valence electrons. The third-order valence-corrected chi connectivity index (χ3v) is 3.74. The van der Waals surface area contributed by atoms with Crippen molar-refractivity contribution in [2.75, 3.05) is 6.54 Å². The number of carbonyl (C=O) groups excluding carboxylic acids is 1. The van der Waals surface area contributed by atoms with E-state index in [0.29, 0.717) is 17.0 Å². The van der Waals surface area contributed by atoms with Gasteiger partial charge in [-0.25, -0.2) is 0 Å². The van der Waals surface area contributed by atoms with Gasteiger partial charge in [0.2, 0.25) is 0 Å². The number of carbonyl (C=O) groups is 1. The summed E-state index contributed by atoms with van der Waals surface area (Å²) in [7, 11) is 0. The average Bonchev–Trinajstić information content (AvgIpc) is 3.03. The van der Waals surface area contributed by atoms with Gasteiger partial charge in [-0.1, -0.05) is 6.07 Å². The van der Waals surface area contributed by atoms with Crippen LogP contribution in [0.3, 0.4) is 0 Å². The van der Waals surface area contributed by atoms with Gasteiger partial charge in [0.15, 0.2) is 10.4 Å². The van der Waals surface area contributed by atoms with Crippen molar-refractivity contribution in [1.82, 2.24) is 10.3 Å². The summed E-state index contributed by atoms with van der Waals surface area (Å²) < 4.78 is 5.77. The Bertz CT molecular complexity index is 789. The lowest BCUT2D eigenvalue weighted by Crippen LogP contribution is -2.25. The van der Waals surface area contributed by atoms with Crippen molar-refractivity contribution in [2.24, 2.45) is 0 Å². The molecule has 3 aromatic rings. The van der Waals surface area contributed by atoms with Crippen LogP contribution in [0.2, 0.25) is 0 Å². The van der Waals surface area contributed by atoms with E-state index in [0.717, 1.165) is 17.6 Å². The number of amides is 1. The van der Waals surface area contributed by atoms with Crippen LogP contribution in [0.4, 0.5) is 0 Å². The number of rotatable bonds is 4. The van der Waals surface area contributed by atoms with E-state index in [1.165, 1.54) is 10.9 Å². The summed E-state index contributed by atoms with van der Waals surface area (Å²) in [5, 5.41) is 4.05. The molecule has 1 amide bonds. The van der Waals surface area contributed by atoms with Gasteiger partial charge in [0.1, 0.15) is 0 Å². The molecule has 21 heavy (non-hydrogen) atoms. The topological polar surface area (TPSA) is 58.0 Å². The maximum Gasteiger partial charge on any atom is 0.287 e. The second kappa shape index (κ2) is 5.77. The van der Waals surface area contributed by atoms with Crippen molar-refractivity contribution in [2.45, 2.75) is 13.3 Å². The zero-order valence-electron chi connectivity index (χ0n) is 11.6. The molecule has 4 nitrogen and oxygen atoms in total. The average molecular weight is 347 g/mol. The van der Waals surface area contributed by atoms with Crippen molar-refractivity contribution in [1.29, 1.82) is 0 Å². The van der Waals surface area contributed by atoms with E-state index in [4.69, 9.17) is 4.42 Å². The minimum atomic E-state index is -0.195. The molecule has 0 atom stereocenters. The Morgan fingerprint density at radius 1 is 1.29 bits per heavy atom. The van der Waals surface area contributed by atoms with E-state index in [1.54, 1.807) is 12.1 Å². The highest BCUT2D eigenvalue weighted by atomic mass is 79.9. The Morgan fingerprint density at radius 2 is 2.14 bits per heavy atom. The molecule has 5 heteroatoms. The van der Waals surface area contributed by atoms with Crippen molar-refractivity contribution in [3.63, 3.8) is 0 Å². The molecule has 2 heterocycles. The molecule has 0 aliphatic heterocycles. The number of hydrogen-bond acceptors (Lipinski definition) is 2. The van der Waals surface area contributed by atoms with Gasteiger partial charge >= 0.3 is 0 Å². The van der Waals surface area contributed by atoms with Gasteiger partial charge in [-0.2, -0.15) is 0 Å². The van der Waals surface area contributed by atoms with Gasteiger partial charge in [0.25, 0.3) is 5.91 Å². The van der Waals surface area contributed by atoms with Crippen molar-refractivity contribution < 1.29 is 9.21 Å². The molecule has 0 aliphatic rings. The fraction of sp³-hybridized carbons (Fsp3) is 0.188. The van der Waals surface area contributed by atoms with E-state index < -0.39 is 0 Å². The van der Waals surface area contributed by atoms with E-state index in [1.807, 2.05) is 6.92 Å². The van der Waals surface area contributed by atoms with Crippen LogP contribution >= 0.6 is 15.9 Å². The maximum absolute atomic E-state index is 11.8. The van der Waals surface area contributed by atoms with Crippen LogP contribution in [0.15, 0.2) is 45.5 Å². The van der Waals surface area contributed by atoms with Crippen LogP contribution < -0.4 is 5.32 Å². The number of hydrogen-bond donors (Lipinski definition) is 2. The van der Waals surface area contributed by atoms with Gasteiger partial charge in [-0.05, 0) is 70.6 Å². The van der Waals surface area contributed by atoms with Crippen LogP contribution in [0.5, 0.6) is 0 Å². The summed E-state index contributed by atoms with van der Waals surface area (Å²) in [6, 6.07) is 11.8. The number of H-pyrrole nitrogens is 1. The highest BCUT2D eigenvalue weighted by Gasteiger charge is 2.09. The van der Waals surface area contributed by atoms with Crippen molar-refractivity contribution in [3.8, 4) is 0 Å². The van der Waals surface area contributed by atoms with Crippen LogP contribution in [-0.2, 0) is 6.42 Å². The predicted octanol–water partition coefficient (Wildman–Crippen LogP) is 3.80. The molecule has 0 saturated carbocycles. The number of furan rings is 1. The smallest absolute Gasteiger partial charge is 0.287 e. The molecule has 1 aromatic carbocycles. The number of halogens is 1. The lowest BCUT2D eigenvalue weighted by atomic mass is 10.1. The SMILES string of the molecule is Cc1cc2cc(CCNC(=O)c3ccc(Br)o3)ccc2[nH]1. The first-order chi connectivity index (χ1) is 10.1. The summed E-state index contributed by atoms with van der Waals surface area (Å²) in [6.45, 7) is 2.62. The number of benzene rings is 1. The Morgan fingerprint density at radius 3 is 2.90 bits per heavy atom. The first-order valence-corrected chi connectivity index (χ1v) is 7.53. The zero-order chi connectivity index (χ0) is 14.8. The highest BCUT2D eigenvalue weighted by Crippen LogP contribution is 2.17. The molecule has 0 radical (unpaired) electrons. The normalized spacial score (nSPS) is 11.0. The first-order valence-electron chi connectivity index (χ1n) is 6.73. The van der Waals surface area contributed by atoms with E-state index in [-0.39, 0.29) is 5.91 Å². The fourth-order valence-corrected chi connectivity index (χ4v) is 2.63. The van der Waals surface area contributed by atoms with Gasteiger partial charge in [0, 0.05) is 17.8 Å². The molecule has 2 aromatic heterocycles. The monoisotopic (exact) mass is 346 g/mol. The van der Waals surface area contributed by atoms with Gasteiger partial charge in [0.05, 0.1) is 0 Å². The number of aromatic amines is 1. The minimum Gasteiger partial charge on any atom is -0.444 e. The van der Waals surface area contributed by atoms with E-state index in [9.17, 15) is 4.79 Å². The van der Waals surface area contributed by atoms with Gasteiger partial charge in [-0.15, -0.1) is 0 Å². The molecule has 0 fully saturated rings. The largest absolute Gasteiger partial charge is 0.444 e. The van der Waals surface area contributed by atoms with Crippen molar-refractivity contribution >= 4 is 32.7 Å². The minimum absolute atomic E-state index is 0.195. The molecule has 0 saturated heterocycles. The fourth-order valence-electron chi connectivity index (χ4n) is 2.33.